The minimum Gasteiger partial charge on any atom is -0.493 e. The van der Waals surface area contributed by atoms with Crippen LogP contribution < -0.4 is 19.1 Å². The maximum absolute atomic E-state index is 12.9. The summed E-state index contributed by atoms with van der Waals surface area (Å²) in [5.41, 5.74) is 1.34. The number of aryl methyl sites for hydroxylation is 1. The zero-order valence-electron chi connectivity index (χ0n) is 18.1. The molecule has 0 aromatic heterocycles. The van der Waals surface area contributed by atoms with Gasteiger partial charge in [0.25, 0.3) is 0 Å². The number of rotatable bonds is 8. The average Bonchev–Trinajstić information content (AvgIpc) is 2.75. The summed E-state index contributed by atoms with van der Waals surface area (Å²) in [4.78, 5) is 12.9. The molecular formula is C23H22Cl2N2O5S. The predicted octanol–water partition coefficient (Wildman–Crippen LogP) is 5.51. The number of para-hydroxylation sites is 2. The van der Waals surface area contributed by atoms with Crippen molar-refractivity contribution in [1.29, 1.82) is 0 Å². The van der Waals surface area contributed by atoms with Gasteiger partial charge in [-0.3, -0.25) is 9.10 Å². The van der Waals surface area contributed by atoms with Gasteiger partial charge in [-0.25, -0.2) is 8.42 Å². The van der Waals surface area contributed by atoms with Gasteiger partial charge in [0.15, 0.2) is 17.2 Å². The summed E-state index contributed by atoms with van der Waals surface area (Å²) in [6.07, 6.45) is 1.02. The Hall–Kier alpha value is -2.94. The van der Waals surface area contributed by atoms with E-state index in [1.807, 2.05) is 0 Å². The van der Waals surface area contributed by atoms with Crippen LogP contribution in [0.1, 0.15) is 5.56 Å². The fraction of sp³-hybridized carbons (Fsp3) is 0.174. The number of halogens is 2. The maximum Gasteiger partial charge on any atom is 0.245 e. The van der Waals surface area contributed by atoms with Crippen molar-refractivity contribution in [2.45, 2.75) is 6.92 Å². The van der Waals surface area contributed by atoms with Crippen LogP contribution in [0.2, 0.25) is 10.0 Å². The molecule has 33 heavy (non-hydrogen) atoms. The first-order chi connectivity index (χ1) is 15.6. The molecule has 0 aliphatic carbocycles. The van der Waals surface area contributed by atoms with Crippen molar-refractivity contribution in [2.24, 2.45) is 0 Å². The van der Waals surface area contributed by atoms with Crippen molar-refractivity contribution in [1.82, 2.24) is 0 Å². The summed E-state index contributed by atoms with van der Waals surface area (Å²) in [6.45, 7) is 1.32. The van der Waals surface area contributed by atoms with Gasteiger partial charge in [-0.05, 0) is 55.0 Å². The number of methoxy groups -OCH3 is 1. The molecule has 0 bridgehead atoms. The zero-order valence-corrected chi connectivity index (χ0v) is 20.5. The average molecular weight is 509 g/mol. The van der Waals surface area contributed by atoms with Crippen LogP contribution >= 0.6 is 23.2 Å². The fourth-order valence-electron chi connectivity index (χ4n) is 2.97. The summed E-state index contributed by atoms with van der Waals surface area (Å²) >= 11 is 12.3. The SMILES string of the molecule is COc1ccccc1Oc1ccc(Cl)cc1NC(=O)CN(c1ccc(C)c(Cl)c1)S(C)(=O)=O. The predicted molar refractivity (Wildman–Crippen MR) is 132 cm³/mol. The van der Waals surface area contributed by atoms with Gasteiger partial charge in [-0.15, -0.1) is 0 Å². The number of ether oxygens (including phenoxy) is 2. The van der Waals surface area contributed by atoms with Crippen LogP contribution in [0, 0.1) is 6.92 Å². The van der Waals surface area contributed by atoms with Crippen LogP contribution in [0.3, 0.4) is 0 Å². The quantitative estimate of drug-likeness (QED) is 0.433. The van der Waals surface area contributed by atoms with Crippen LogP contribution in [-0.4, -0.2) is 34.2 Å². The van der Waals surface area contributed by atoms with E-state index < -0.39 is 22.5 Å². The highest BCUT2D eigenvalue weighted by molar-refractivity contribution is 7.92. The topological polar surface area (TPSA) is 84.9 Å². The van der Waals surface area contributed by atoms with Crippen molar-refractivity contribution in [2.75, 3.05) is 29.5 Å². The number of benzene rings is 3. The number of hydrogen-bond acceptors (Lipinski definition) is 5. The summed E-state index contributed by atoms with van der Waals surface area (Å²) in [5.74, 6) is 0.653. The molecule has 3 aromatic rings. The molecule has 0 aliphatic heterocycles. The molecule has 0 aliphatic rings. The highest BCUT2D eigenvalue weighted by Gasteiger charge is 2.22. The first kappa shape index (κ1) is 24.7. The van der Waals surface area contributed by atoms with Gasteiger partial charge in [0, 0.05) is 10.0 Å². The molecule has 0 saturated heterocycles. The molecular weight excluding hydrogens is 487 g/mol. The maximum atomic E-state index is 12.9. The van der Waals surface area contributed by atoms with Crippen molar-refractivity contribution in [3.8, 4) is 17.2 Å². The van der Waals surface area contributed by atoms with E-state index in [0.29, 0.717) is 27.3 Å². The molecule has 3 aromatic carbocycles. The molecule has 7 nitrogen and oxygen atoms in total. The van der Waals surface area contributed by atoms with Crippen LogP contribution in [0.15, 0.2) is 60.7 Å². The first-order valence-corrected chi connectivity index (χ1v) is 12.3. The second kappa shape index (κ2) is 10.3. The van der Waals surface area contributed by atoms with E-state index in [4.69, 9.17) is 32.7 Å². The Labute approximate surface area is 202 Å². The number of carbonyl (C=O) groups is 1. The molecule has 0 saturated carbocycles. The normalized spacial score (nSPS) is 11.1. The standard InChI is InChI=1S/C23H22Cl2N2O5S/c1-15-8-10-17(13-18(15)25)27(33(3,29)30)14-23(28)26-19-12-16(24)9-11-20(19)32-22-7-5-4-6-21(22)31-2/h4-13H,14H2,1-3H3,(H,26,28). The summed E-state index contributed by atoms with van der Waals surface area (Å²) in [6, 6.07) is 16.5. The second-order valence-corrected chi connectivity index (χ2v) is 9.90. The smallest absolute Gasteiger partial charge is 0.245 e. The molecule has 0 fully saturated rings. The molecule has 10 heteroatoms. The monoisotopic (exact) mass is 508 g/mol. The van der Waals surface area contributed by atoms with Gasteiger partial charge in [-0.2, -0.15) is 0 Å². The number of nitrogens with zero attached hydrogens (tertiary/aromatic N) is 1. The van der Waals surface area contributed by atoms with Gasteiger partial charge in [0.2, 0.25) is 15.9 Å². The van der Waals surface area contributed by atoms with Crippen molar-refractivity contribution >= 4 is 50.5 Å². The molecule has 0 radical (unpaired) electrons. The summed E-state index contributed by atoms with van der Waals surface area (Å²) < 4.78 is 37.0. The van der Waals surface area contributed by atoms with Crippen LogP contribution in [0.4, 0.5) is 11.4 Å². The zero-order chi connectivity index (χ0) is 24.2. The Morgan fingerprint density at radius 3 is 2.33 bits per heavy atom. The minimum atomic E-state index is -3.77. The third-order valence-electron chi connectivity index (χ3n) is 4.64. The highest BCUT2D eigenvalue weighted by Crippen LogP contribution is 2.36. The van der Waals surface area contributed by atoms with Crippen LogP contribution in [-0.2, 0) is 14.8 Å². The number of carbonyl (C=O) groups excluding carboxylic acids is 1. The second-order valence-electron chi connectivity index (χ2n) is 7.14. The molecule has 0 atom stereocenters. The molecule has 0 spiro atoms. The lowest BCUT2D eigenvalue weighted by Crippen LogP contribution is -2.37. The Bertz CT molecular complexity index is 1280. The minimum absolute atomic E-state index is 0.272. The molecule has 1 amide bonds. The largest absolute Gasteiger partial charge is 0.493 e. The third-order valence-corrected chi connectivity index (χ3v) is 6.42. The molecule has 0 unspecified atom stereocenters. The lowest BCUT2D eigenvalue weighted by Gasteiger charge is -2.23. The summed E-state index contributed by atoms with van der Waals surface area (Å²) in [5, 5.41) is 3.44. The van der Waals surface area contributed by atoms with Crippen molar-refractivity contribution in [3.05, 3.63) is 76.3 Å². The van der Waals surface area contributed by atoms with E-state index in [2.05, 4.69) is 5.32 Å². The third kappa shape index (κ3) is 6.31. The van der Waals surface area contributed by atoms with E-state index in [1.165, 1.54) is 19.2 Å². The van der Waals surface area contributed by atoms with E-state index >= 15 is 0 Å². The fourth-order valence-corrected chi connectivity index (χ4v) is 4.16. The number of nitrogens with one attached hydrogen (secondary N) is 1. The van der Waals surface area contributed by atoms with E-state index in [-0.39, 0.29) is 11.4 Å². The lowest BCUT2D eigenvalue weighted by atomic mass is 10.2. The van der Waals surface area contributed by atoms with Crippen LogP contribution in [0.25, 0.3) is 0 Å². The Morgan fingerprint density at radius 1 is 1.00 bits per heavy atom. The van der Waals surface area contributed by atoms with Crippen LogP contribution in [0.5, 0.6) is 17.2 Å². The number of hydrogen-bond donors (Lipinski definition) is 1. The number of amides is 1. The van der Waals surface area contributed by atoms with E-state index in [0.717, 1.165) is 16.1 Å². The van der Waals surface area contributed by atoms with Gasteiger partial charge < -0.3 is 14.8 Å². The Morgan fingerprint density at radius 2 is 1.70 bits per heavy atom. The number of anilines is 2. The number of sulfonamides is 1. The van der Waals surface area contributed by atoms with Gasteiger partial charge in [0.1, 0.15) is 6.54 Å². The molecule has 0 heterocycles. The molecule has 1 N–H and O–H groups in total. The lowest BCUT2D eigenvalue weighted by molar-refractivity contribution is -0.114. The van der Waals surface area contributed by atoms with E-state index in [1.54, 1.807) is 55.5 Å². The summed E-state index contributed by atoms with van der Waals surface area (Å²) in [7, 11) is -2.25. The van der Waals surface area contributed by atoms with Crippen molar-refractivity contribution in [3.63, 3.8) is 0 Å². The van der Waals surface area contributed by atoms with Crippen molar-refractivity contribution < 1.29 is 22.7 Å². The molecule has 3 rings (SSSR count). The van der Waals surface area contributed by atoms with Gasteiger partial charge in [-0.1, -0.05) is 41.4 Å². The van der Waals surface area contributed by atoms with Gasteiger partial charge in [0.05, 0.1) is 24.7 Å². The van der Waals surface area contributed by atoms with Gasteiger partial charge >= 0.3 is 0 Å². The Kier molecular flexibility index (Phi) is 7.73. The van der Waals surface area contributed by atoms with E-state index in [9.17, 15) is 13.2 Å². The highest BCUT2D eigenvalue weighted by atomic mass is 35.5. The molecule has 174 valence electrons. The first-order valence-electron chi connectivity index (χ1n) is 9.72. The Balaban J connectivity index is 1.87.